The van der Waals surface area contributed by atoms with Crippen LogP contribution in [0.15, 0.2) is 49.2 Å². The van der Waals surface area contributed by atoms with E-state index < -0.39 is 35.0 Å². The van der Waals surface area contributed by atoms with Crippen molar-refractivity contribution in [3.8, 4) is 11.4 Å². The monoisotopic (exact) mass is 443 g/mol. The number of aromatic nitrogens is 5. The van der Waals surface area contributed by atoms with Crippen LogP contribution in [-0.4, -0.2) is 30.6 Å². The lowest BCUT2D eigenvalue weighted by Crippen LogP contribution is -2.28. The highest BCUT2D eigenvalue weighted by atomic mass is 19.4. The van der Waals surface area contributed by atoms with E-state index in [4.69, 9.17) is 0 Å². The molecule has 0 aliphatic heterocycles. The van der Waals surface area contributed by atoms with E-state index in [1.54, 1.807) is 0 Å². The van der Waals surface area contributed by atoms with Crippen molar-refractivity contribution in [3.63, 3.8) is 0 Å². The topological polar surface area (TPSA) is 97.6 Å². The fraction of sp³-hybridized carbons (Fsp3) is 0.118. The van der Waals surface area contributed by atoms with Crippen LogP contribution in [0.4, 0.5) is 32.2 Å². The van der Waals surface area contributed by atoms with Gasteiger partial charge in [-0.1, -0.05) is 0 Å². The molecule has 0 spiro atoms. The quantitative estimate of drug-likeness (QED) is 0.357. The summed E-state index contributed by atoms with van der Waals surface area (Å²) in [6, 6.07) is 1.03. The van der Waals surface area contributed by atoms with Crippen molar-refractivity contribution >= 4 is 17.9 Å². The molecule has 0 aliphatic rings. The fourth-order valence-corrected chi connectivity index (χ4v) is 2.24. The summed E-state index contributed by atoms with van der Waals surface area (Å²) in [4.78, 5) is 23.1. The highest BCUT2D eigenvalue weighted by Gasteiger charge is 2.37. The standard InChI is InChI=1S/C17H11F6N7O/c18-16(19,20)11-5-10(6-12(7-11)17(21,22)23)15-26-9-30(29-15)4-1-14(31)28-27-13-8-24-2-3-25-13/h1-9H,(H,25,27)(H,28,31)/b4-1+. The Labute approximate surface area is 169 Å². The Balaban J connectivity index is 1.77. The summed E-state index contributed by atoms with van der Waals surface area (Å²) in [6.45, 7) is 0. The predicted molar refractivity (Wildman–Crippen MR) is 94.6 cm³/mol. The molecule has 0 aliphatic carbocycles. The van der Waals surface area contributed by atoms with Crippen LogP contribution in [0.1, 0.15) is 11.1 Å². The first-order valence-corrected chi connectivity index (χ1v) is 8.23. The molecule has 0 saturated heterocycles. The van der Waals surface area contributed by atoms with Crippen molar-refractivity contribution in [2.45, 2.75) is 12.4 Å². The van der Waals surface area contributed by atoms with E-state index in [0.29, 0.717) is 12.1 Å². The van der Waals surface area contributed by atoms with Crippen molar-refractivity contribution < 1.29 is 31.1 Å². The molecule has 14 heteroatoms. The summed E-state index contributed by atoms with van der Waals surface area (Å²) >= 11 is 0. The Kier molecular flexibility index (Phi) is 5.90. The Morgan fingerprint density at radius 2 is 1.65 bits per heavy atom. The summed E-state index contributed by atoms with van der Waals surface area (Å²) < 4.78 is 78.8. The number of hydrazine groups is 1. The van der Waals surface area contributed by atoms with Gasteiger partial charge in [0.2, 0.25) is 0 Å². The van der Waals surface area contributed by atoms with Crippen LogP contribution in [0.3, 0.4) is 0 Å². The molecule has 31 heavy (non-hydrogen) atoms. The van der Waals surface area contributed by atoms with Gasteiger partial charge in [0, 0.05) is 30.2 Å². The third kappa shape index (κ3) is 5.77. The molecule has 0 bridgehead atoms. The summed E-state index contributed by atoms with van der Waals surface area (Å²) in [6.07, 6.45) is -2.71. The molecule has 1 amide bonds. The zero-order chi connectivity index (χ0) is 22.6. The number of rotatable bonds is 5. The molecule has 0 saturated carbocycles. The number of carbonyl (C=O) groups is 1. The van der Waals surface area contributed by atoms with E-state index in [2.05, 4.69) is 30.9 Å². The third-order valence-electron chi connectivity index (χ3n) is 3.61. The highest BCUT2D eigenvalue weighted by molar-refractivity contribution is 5.90. The van der Waals surface area contributed by atoms with E-state index in [1.807, 2.05) is 0 Å². The minimum atomic E-state index is -4.99. The first-order valence-electron chi connectivity index (χ1n) is 8.23. The average Bonchev–Trinajstić information content (AvgIpc) is 3.19. The number of nitrogens with one attached hydrogen (secondary N) is 2. The number of benzene rings is 1. The summed E-state index contributed by atoms with van der Waals surface area (Å²) in [5.41, 5.74) is 1.28. The first kappa shape index (κ1) is 21.7. The first-order chi connectivity index (χ1) is 14.5. The molecule has 0 fully saturated rings. The minimum absolute atomic E-state index is 0.00878. The maximum Gasteiger partial charge on any atom is 0.416 e. The lowest BCUT2D eigenvalue weighted by atomic mass is 10.0. The largest absolute Gasteiger partial charge is 0.416 e. The van der Waals surface area contributed by atoms with Gasteiger partial charge >= 0.3 is 12.4 Å². The molecule has 2 heterocycles. The van der Waals surface area contributed by atoms with Crippen LogP contribution in [0.25, 0.3) is 17.6 Å². The van der Waals surface area contributed by atoms with Crippen LogP contribution in [0, 0.1) is 0 Å². The van der Waals surface area contributed by atoms with Gasteiger partial charge in [-0.25, -0.2) is 14.6 Å². The van der Waals surface area contributed by atoms with Gasteiger partial charge < -0.3 is 0 Å². The summed E-state index contributed by atoms with van der Waals surface area (Å²) in [5, 5.41) is 3.78. The van der Waals surface area contributed by atoms with Crippen LogP contribution in [0.2, 0.25) is 0 Å². The molecular weight excluding hydrogens is 432 g/mol. The molecule has 1 aromatic carbocycles. The van der Waals surface area contributed by atoms with E-state index in [1.165, 1.54) is 18.6 Å². The van der Waals surface area contributed by atoms with Crippen molar-refractivity contribution in [2.24, 2.45) is 0 Å². The lowest BCUT2D eigenvalue weighted by Gasteiger charge is -2.13. The second-order valence-electron chi connectivity index (χ2n) is 5.86. The Morgan fingerprint density at radius 3 is 2.23 bits per heavy atom. The number of hydrogen-bond donors (Lipinski definition) is 2. The second-order valence-corrected chi connectivity index (χ2v) is 5.86. The predicted octanol–water partition coefficient (Wildman–Crippen LogP) is 3.39. The Bertz CT molecular complexity index is 1060. The number of carbonyl (C=O) groups excluding carboxylic acids is 1. The van der Waals surface area contributed by atoms with Crippen LogP contribution in [0.5, 0.6) is 0 Å². The fourth-order valence-electron chi connectivity index (χ4n) is 2.24. The van der Waals surface area contributed by atoms with Crippen molar-refractivity contribution in [1.29, 1.82) is 0 Å². The van der Waals surface area contributed by atoms with Crippen molar-refractivity contribution in [1.82, 2.24) is 30.2 Å². The number of nitrogens with zero attached hydrogens (tertiary/aromatic N) is 5. The molecule has 8 nitrogen and oxygen atoms in total. The van der Waals surface area contributed by atoms with Gasteiger partial charge in [-0.3, -0.25) is 20.6 Å². The average molecular weight is 443 g/mol. The summed E-state index contributed by atoms with van der Waals surface area (Å²) in [7, 11) is 0. The second kappa shape index (κ2) is 8.41. The van der Waals surface area contributed by atoms with E-state index >= 15 is 0 Å². The van der Waals surface area contributed by atoms with E-state index in [9.17, 15) is 31.1 Å². The van der Waals surface area contributed by atoms with E-state index in [0.717, 1.165) is 23.3 Å². The summed E-state index contributed by atoms with van der Waals surface area (Å²) in [5.74, 6) is -0.780. The van der Waals surface area contributed by atoms with Gasteiger partial charge in [0.05, 0.1) is 17.3 Å². The number of anilines is 1. The lowest BCUT2D eigenvalue weighted by molar-refractivity contribution is -0.143. The molecule has 0 radical (unpaired) electrons. The van der Waals surface area contributed by atoms with Crippen molar-refractivity contribution in [2.75, 3.05) is 5.43 Å². The van der Waals surface area contributed by atoms with Crippen molar-refractivity contribution in [3.05, 3.63) is 60.3 Å². The number of hydrogen-bond acceptors (Lipinski definition) is 6. The molecule has 3 aromatic rings. The molecule has 3 rings (SSSR count). The number of alkyl halides is 6. The zero-order valence-electron chi connectivity index (χ0n) is 15.1. The molecule has 2 N–H and O–H groups in total. The SMILES string of the molecule is O=C(/C=C/n1cnc(-c2cc(C(F)(F)F)cc(C(F)(F)F)c2)n1)NNc1cnccn1. The molecule has 0 unspecified atom stereocenters. The van der Waals surface area contributed by atoms with E-state index in [-0.39, 0.29) is 17.7 Å². The van der Waals surface area contributed by atoms with Gasteiger partial charge in [-0.2, -0.15) is 26.3 Å². The maximum absolute atomic E-state index is 13.0. The number of halogens is 6. The van der Waals surface area contributed by atoms with Crippen LogP contribution < -0.4 is 10.9 Å². The van der Waals surface area contributed by atoms with Gasteiger partial charge in [-0.05, 0) is 18.2 Å². The van der Waals surface area contributed by atoms with Crippen LogP contribution in [-0.2, 0) is 17.1 Å². The third-order valence-corrected chi connectivity index (χ3v) is 3.61. The molecule has 162 valence electrons. The normalized spacial score (nSPS) is 12.2. The Hall–Kier alpha value is -3.97. The zero-order valence-corrected chi connectivity index (χ0v) is 15.1. The molecular formula is C17H11F6N7O. The van der Waals surface area contributed by atoms with Gasteiger partial charge in [-0.15, -0.1) is 5.10 Å². The minimum Gasteiger partial charge on any atom is -0.280 e. The molecule has 0 atom stereocenters. The smallest absolute Gasteiger partial charge is 0.280 e. The van der Waals surface area contributed by atoms with Gasteiger partial charge in [0.1, 0.15) is 6.33 Å². The molecule has 2 aromatic heterocycles. The van der Waals surface area contributed by atoms with Gasteiger partial charge in [0.25, 0.3) is 5.91 Å². The van der Waals surface area contributed by atoms with Gasteiger partial charge in [0.15, 0.2) is 11.6 Å². The maximum atomic E-state index is 13.0. The van der Waals surface area contributed by atoms with Crippen LogP contribution >= 0.6 is 0 Å². The highest BCUT2D eigenvalue weighted by Crippen LogP contribution is 2.37. The number of amides is 1. The Morgan fingerprint density at radius 1 is 0.968 bits per heavy atom.